The molecule has 0 aliphatic carbocycles. The first-order valence-corrected chi connectivity index (χ1v) is 10.4. The zero-order valence-corrected chi connectivity index (χ0v) is 18.1. The first-order chi connectivity index (χ1) is 14.3. The van der Waals surface area contributed by atoms with Crippen LogP contribution in [0.25, 0.3) is 10.2 Å². The van der Waals surface area contributed by atoms with Crippen molar-refractivity contribution in [3.05, 3.63) is 62.8 Å². The largest absolute Gasteiger partial charge is 0.368 e. The molecule has 0 radical (unpaired) electrons. The van der Waals surface area contributed by atoms with Crippen molar-refractivity contribution in [2.75, 3.05) is 5.32 Å². The number of primary amides is 1. The Hall–Kier alpha value is -2.88. The maximum Gasteiger partial charge on any atom is 0.265 e. The van der Waals surface area contributed by atoms with Crippen molar-refractivity contribution in [1.29, 1.82) is 0 Å². The Balaban J connectivity index is 1.57. The summed E-state index contributed by atoms with van der Waals surface area (Å²) in [6, 6.07) is 7.14. The molecule has 11 heteroatoms. The van der Waals surface area contributed by atoms with E-state index < -0.39 is 5.91 Å². The molecular formula is C19H16Cl2N6O2S. The number of anilines is 1. The molecule has 0 fully saturated rings. The normalized spacial score (nSPS) is 11.2. The quantitative estimate of drug-likeness (QED) is 0.455. The molecule has 4 rings (SSSR count). The van der Waals surface area contributed by atoms with Gasteiger partial charge >= 0.3 is 0 Å². The van der Waals surface area contributed by atoms with Crippen molar-refractivity contribution in [3.63, 3.8) is 0 Å². The molecule has 3 N–H and O–H groups in total. The van der Waals surface area contributed by atoms with Crippen LogP contribution in [0.2, 0.25) is 10.0 Å². The minimum atomic E-state index is -0.513. The number of nitrogens with one attached hydrogen (secondary N) is 1. The van der Waals surface area contributed by atoms with Gasteiger partial charge < -0.3 is 11.1 Å². The van der Waals surface area contributed by atoms with Crippen LogP contribution in [0.15, 0.2) is 36.7 Å². The predicted molar refractivity (Wildman–Crippen MR) is 117 cm³/mol. The molecule has 0 atom stereocenters. The van der Waals surface area contributed by atoms with E-state index in [0.29, 0.717) is 27.2 Å². The molecule has 0 aliphatic rings. The lowest BCUT2D eigenvalue weighted by molar-refractivity contribution is -0.118. The monoisotopic (exact) mass is 462 g/mol. The Morgan fingerprint density at radius 1 is 1.27 bits per heavy atom. The number of aromatic nitrogens is 4. The number of nitrogens with zero attached hydrogens (tertiary/aromatic N) is 4. The van der Waals surface area contributed by atoms with E-state index in [0.717, 1.165) is 21.5 Å². The van der Waals surface area contributed by atoms with Crippen LogP contribution in [0.1, 0.15) is 20.9 Å². The summed E-state index contributed by atoms with van der Waals surface area (Å²) in [4.78, 5) is 25.1. The Morgan fingerprint density at radius 2 is 2.07 bits per heavy atom. The molecule has 8 nitrogen and oxygen atoms in total. The van der Waals surface area contributed by atoms with Crippen LogP contribution >= 0.6 is 34.5 Å². The third kappa shape index (κ3) is 4.18. The highest BCUT2D eigenvalue weighted by Crippen LogP contribution is 2.30. The summed E-state index contributed by atoms with van der Waals surface area (Å²) in [6.07, 6.45) is 3.01. The molecule has 2 amide bonds. The minimum Gasteiger partial charge on any atom is -0.368 e. The Bertz CT molecular complexity index is 1280. The van der Waals surface area contributed by atoms with Crippen molar-refractivity contribution >= 4 is 62.3 Å². The third-order valence-corrected chi connectivity index (χ3v) is 6.11. The zero-order valence-electron chi connectivity index (χ0n) is 15.7. The van der Waals surface area contributed by atoms with Gasteiger partial charge in [-0.25, -0.2) is 0 Å². The second kappa shape index (κ2) is 8.10. The maximum atomic E-state index is 12.7. The number of rotatable bonds is 6. The van der Waals surface area contributed by atoms with Crippen LogP contribution in [0.4, 0.5) is 5.69 Å². The van der Waals surface area contributed by atoms with Gasteiger partial charge in [-0.2, -0.15) is 10.2 Å². The van der Waals surface area contributed by atoms with Crippen LogP contribution < -0.4 is 11.1 Å². The molecule has 0 spiro atoms. The molecule has 1 aromatic carbocycles. The first kappa shape index (κ1) is 20.4. The van der Waals surface area contributed by atoms with Crippen molar-refractivity contribution < 1.29 is 9.59 Å². The number of carbonyl (C=O) groups is 2. The van der Waals surface area contributed by atoms with Crippen LogP contribution in [-0.4, -0.2) is 31.4 Å². The highest BCUT2D eigenvalue weighted by Gasteiger charge is 2.18. The van der Waals surface area contributed by atoms with E-state index in [2.05, 4.69) is 15.5 Å². The second-order valence-electron chi connectivity index (χ2n) is 6.66. The van der Waals surface area contributed by atoms with Crippen molar-refractivity contribution in [2.24, 2.45) is 5.73 Å². The van der Waals surface area contributed by atoms with E-state index in [1.165, 1.54) is 22.2 Å². The Morgan fingerprint density at radius 3 is 2.80 bits per heavy atom. The average Bonchev–Trinajstić information content (AvgIpc) is 3.35. The van der Waals surface area contributed by atoms with E-state index in [9.17, 15) is 9.59 Å². The van der Waals surface area contributed by atoms with Gasteiger partial charge in [0.2, 0.25) is 5.91 Å². The van der Waals surface area contributed by atoms with Gasteiger partial charge in [0.15, 0.2) is 0 Å². The van der Waals surface area contributed by atoms with Gasteiger partial charge in [0.05, 0.1) is 29.0 Å². The summed E-state index contributed by atoms with van der Waals surface area (Å²) in [5.74, 6) is -0.786. The highest BCUT2D eigenvalue weighted by molar-refractivity contribution is 7.20. The molecule has 3 aromatic heterocycles. The first-order valence-electron chi connectivity index (χ1n) is 8.83. The van der Waals surface area contributed by atoms with Gasteiger partial charge in [0.25, 0.3) is 5.91 Å². The summed E-state index contributed by atoms with van der Waals surface area (Å²) in [5, 5.41) is 13.4. The standard InChI is InChI=1S/C19H16Cl2N6O2S/c1-10-14-5-16(18(29)24-13-6-23-26(8-13)9-17(22)28)30-19(14)27(25-10)7-11-2-3-12(20)4-15(11)21/h2-6,8H,7,9H2,1H3,(H2,22,28)(H,24,29). The van der Waals surface area contributed by atoms with Gasteiger partial charge in [-0.15, -0.1) is 11.3 Å². The number of hydrogen-bond donors (Lipinski definition) is 2. The number of benzene rings is 1. The van der Waals surface area contributed by atoms with E-state index in [1.54, 1.807) is 18.3 Å². The van der Waals surface area contributed by atoms with Gasteiger partial charge in [-0.3, -0.25) is 19.0 Å². The van der Waals surface area contributed by atoms with Crippen molar-refractivity contribution in [3.8, 4) is 0 Å². The van der Waals surface area contributed by atoms with Crippen LogP contribution in [0.3, 0.4) is 0 Å². The number of carbonyl (C=O) groups excluding carboxylic acids is 2. The number of aryl methyl sites for hydroxylation is 1. The second-order valence-corrected chi connectivity index (χ2v) is 8.53. The topological polar surface area (TPSA) is 108 Å². The lowest BCUT2D eigenvalue weighted by atomic mass is 10.2. The molecular weight excluding hydrogens is 447 g/mol. The predicted octanol–water partition coefficient (Wildman–Crippen LogP) is 3.70. The number of halogens is 2. The molecule has 0 aliphatic heterocycles. The molecule has 154 valence electrons. The lowest BCUT2D eigenvalue weighted by Gasteiger charge is -2.06. The van der Waals surface area contributed by atoms with Gasteiger partial charge in [-0.1, -0.05) is 29.3 Å². The SMILES string of the molecule is Cc1nn(Cc2ccc(Cl)cc2Cl)c2sc(C(=O)Nc3cnn(CC(N)=O)c3)cc12. The van der Waals surface area contributed by atoms with Crippen LogP contribution in [0.5, 0.6) is 0 Å². The summed E-state index contributed by atoms with van der Waals surface area (Å²) in [5.41, 5.74) is 7.33. The molecule has 0 bridgehead atoms. The molecule has 30 heavy (non-hydrogen) atoms. The van der Waals surface area contributed by atoms with E-state index in [-0.39, 0.29) is 12.5 Å². The minimum absolute atomic E-state index is 0.0545. The Labute approximate surface area is 185 Å². The van der Waals surface area contributed by atoms with Crippen LogP contribution in [0, 0.1) is 6.92 Å². The third-order valence-electron chi connectivity index (χ3n) is 4.38. The summed E-state index contributed by atoms with van der Waals surface area (Å²) in [6.45, 7) is 2.30. The fourth-order valence-electron chi connectivity index (χ4n) is 3.01. The number of amides is 2. The van der Waals surface area contributed by atoms with Gasteiger partial charge in [-0.05, 0) is 30.7 Å². The smallest absolute Gasteiger partial charge is 0.265 e. The van der Waals surface area contributed by atoms with Gasteiger partial charge in [0.1, 0.15) is 11.4 Å². The summed E-state index contributed by atoms with van der Waals surface area (Å²) < 4.78 is 3.19. The average molecular weight is 463 g/mol. The fourth-order valence-corrected chi connectivity index (χ4v) is 4.53. The van der Waals surface area contributed by atoms with Gasteiger partial charge in [0, 0.05) is 21.6 Å². The van der Waals surface area contributed by atoms with Crippen LogP contribution in [-0.2, 0) is 17.9 Å². The molecule has 0 unspecified atom stereocenters. The maximum absolute atomic E-state index is 12.7. The molecule has 0 saturated carbocycles. The Kier molecular flexibility index (Phi) is 5.50. The van der Waals surface area contributed by atoms with Crippen molar-refractivity contribution in [1.82, 2.24) is 19.6 Å². The molecule has 0 saturated heterocycles. The molecule has 4 aromatic rings. The highest BCUT2D eigenvalue weighted by atomic mass is 35.5. The van der Waals surface area contributed by atoms with E-state index in [1.807, 2.05) is 23.7 Å². The number of nitrogens with two attached hydrogens (primary N) is 1. The number of hydrogen-bond acceptors (Lipinski definition) is 5. The molecule has 3 heterocycles. The van der Waals surface area contributed by atoms with E-state index in [4.69, 9.17) is 28.9 Å². The number of fused-ring (bicyclic) bond motifs is 1. The summed E-state index contributed by atoms with van der Waals surface area (Å²) >= 11 is 13.6. The van der Waals surface area contributed by atoms with E-state index >= 15 is 0 Å². The zero-order chi connectivity index (χ0) is 21.4. The van der Waals surface area contributed by atoms with Crippen molar-refractivity contribution in [2.45, 2.75) is 20.0 Å². The lowest BCUT2D eigenvalue weighted by Crippen LogP contribution is -2.18. The fraction of sp³-hybridized carbons (Fsp3) is 0.158. The summed E-state index contributed by atoms with van der Waals surface area (Å²) in [7, 11) is 0. The number of thiophene rings is 1.